The van der Waals surface area contributed by atoms with Gasteiger partial charge in [-0.3, -0.25) is 18.7 Å². The Morgan fingerprint density at radius 1 is 1.41 bits per heavy atom. The topological polar surface area (TPSA) is 131 Å². The molecule has 0 spiro atoms. The average Bonchev–Trinajstić information content (AvgIpc) is 3.10. The molecular formula is C12H12N6O4. The molecule has 0 radical (unpaired) electrons. The van der Waals surface area contributed by atoms with Gasteiger partial charge in [0.15, 0.2) is 11.2 Å². The maximum Gasteiger partial charge on any atom is 0.332 e. The number of carbonyl (C=O) groups excluding carboxylic acids is 1. The summed E-state index contributed by atoms with van der Waals surface area (Å²) in [6.07, 6.45) is 2.65. The molecule has 1 amide bonds. The van der Waals surface area contributed by atoms with Crippen LogP contribution in [-0.2, 0) is 24.9 Å². The minimum Gasteiger partial charge on any atom is -0.368 e. The lowest BCUT2D eigenvalue weighted by Gasteiger charge is -2.07. The molecule has 0 aliphatic heterocycles. The van der Waals surface area contributed by atoms with Crippen LogP contribution in [0.3, 0.4) is 0 Å². The number of primary amides is 1. The van der Waals surface area contributed by atoms with E-state index < -0.39 is 17.2 Å². The number of amides is 1. The lowest BCUT2D eigenvalue weighted by molar-refractivity contribution is -0.118. The number of imidazole rings is 1. The van der Waals surface area contributed by atoms with E-state index in [0.717, 1.165) is 4.57 Å². The molecule has 3 heterocycles. The second kappa shape index (κ2) is 4.98. The quantitative estimate of drug-likeness (QED) is 0.618. The minimum absolute atomic E-state index is 0.0420. The van der Waals surface area contributed by atoms with Crippen molar-refractivity contribution in [2.75, 3.05) is 0 Å². The summed E-state index contributed by atoms with van der Waals surface area (Å²) in [6, 6.07) is 1.55. The van der Waals surface area contributed by atoms with Crippen LogP contribution in [-0.4, -0.2) is 29.7 Å². The Morgan fingerprint density at radius 3 is 2.82 bits per heavy atom. The molecular weight excluding hydrogens is 292 g/mol. The second-order valence-electron chi connectivity index (χ2n) is 4.73. The number of fused-ring (bicyclic) bond motifs is 1. The van der Waals surface area contributed by atoms with Gasteiger partial charge in [0.1, 0.15) is 18.5 Å². The summed E-state index contributed by atoms with van der Waals surface area (Å²) in [5.41, 5.74) is 4.79. The smallest absolute Gasteiger partial charge is 0.332 e. The molecule has 3 aromatic heterocycles. The highest BCUT2D eigenvalue weighted by Gasteiger charge is 2.17. The number of aromatic nitrogens is 5. The third kappa shape index (κ3) is 2.10. The van der Waals surface area contributed by atoms with Gasteiger partial charge in [-0.15, -0.1) is 0 Å². The molecule has 0 saturated heterocycles. The normalized spacial score (nSPS) is 11.1. The predicted molar refractivity (Wildman–Crippen MR) is 74.0 cm³/mol. The van der Waals surface area contributed by atoms with Crippen molar-refractivity contribution < 1.29 is 9.32 Å². The average molecular weight is 304 g/mol. The molecule has 10 heteroatoms. The van der Waals surface area contributed by atoms with E-state index in [9.17, 15) is 14.4 Å². The van der Waals surface area contributed by atoms with E-state index in [1.54, 1.807) is 6.07 Å². The fraction of sp³-hybridized carbons (Fsp3) is 0.250. The van der Waals surface area contributed by atoms with Crippen molar-refractivity contribution in [3.8, 4) is 0 Å². The second-order valence-corrected chi connectivity index (χ2v) is 4.73. The molecule has 0 saturated carbocycles. The molecule has 3 rings (SSSR count). The molecule has 0 aliphatic carbocycles. The maximum absolute atomic E-state index is 12.6. The minimum atomic E-state index is -0.615. The summed E-state index contributed by atoms with van der Waals surface area (Å²) in [5, 5.41) is 3.68. The summed E-state index contributed by atoms with van der Waals surface area (Å²) in [6.45, 7) is -0.242. The number of rotatable bonds is 4. The van der Waals surface area contributed by atoms with Crippen LogP contribution in [0.2, 0.25) is 0 Å². The first-order valence-corrected chi connectivity index (χ1v) is 6.31. The highest BCUT2D eigenvalue weighted by molar-refractivity contribution is 5.77. The third-order valence-electron chi connectivity index (χ3n) is 3.24. The van der Waals surface area contributed by atoms with Crippen molar-refractivity contribution >= 4 is 17.1 Å². The predicted octanol–water partition coefficient (Wildman–Crippen LogP) is -1.58. The van der Waals surface area contributed by atoms with Crippen LogP contribution in [0.15, 0.2) is 32.8 Å². The van der Waals surface area contributed by atoms with Crippen molar-refractivity contribution in [3.05, 3.63) is 45.2 Å². The number of nitrogens with two attached hydrogens (primary N) is 1. The summed E-state index contributed by atoms with van der Waals surface area (Å²) in [4.78, 5) is 39.9. The Hall–Kier alpha value is -3.17. The highest BCUT2D eigenvalue weighted by Crippen LogP contribution is 2.06. The zero-order valence-electron chi connectivity index (χ0n) is 11.6. The summed E-state index contributed by atoms with van der Waals surface area (Å²) in [5.74, 6) is -0.615. The first-order chi connectivity index (χ1) is 10.5. The number of aryl methyl sites for hydroxylation is 1. The Labute approximate surface area is 122 Å². The molecule has 22 heavy (non-hydrogen) atoms. The van der Waals surface area contributed by atoms with Gasteiger partial charge in [-0.1, -0.05) is 5.16 Å². The molecule has 0 aromatic carbocycles. The monoisotopic (exact) mass is 304 g/mol. The van der Waals surface area contributed by atoms with Crippen LogP contribution in [0, 0.1) is 0 Å². The summed E-state index contributed by atoms with van der Waals surface area (Å²) >= 11 is 0. The van der Waals surface area contributed by atoms with Crippen molar-refractivity contribution in [2.45, 2.75) is 13.1 Å². The first kappa shape index (κ1) is 13.8. The van der Waals surface area contributed by atoms with Crippen LogP contribution in [0.4, 0.5) is 0 Å². The first-order valence-electron chi connectivity index (χ1n) is 6.31. The number of hydrogen-bond donors (Lipinski definition) is 1. The van der Waals surface area contributed by atoms with Gasteiger partial charge >= 0.3 is 5.69 Å². The zero-order valence-corrected chi connectivity index (χ0v) is 11.6. The SMILES string of the molecule is Cn1c(=O)n(Cc2ccon2)c(=O)c2c1ncn2CC(N)=O. The number of hydrogen-bond acceptors (Lipinski definition) is 6. The standard InChI is InChI=1S/C12H12N6O4/c1-16-10-9(17(6-14-10)5-8(13)19)11(20)18(12(16)21)4-7-2-3-22-15-7/h2-3,6H,4-5H2,1H3,(H2,13,19). The molecule has 114 valence electrons. The number of nitrogens with zero attached hydrogens (tertiary/aromatic N) is 5. The molecule has 0 unspecified atom stereocenters. The summed E-state index contributed by atoms with van der Waals surface area (Å²) in [7, 11) is 1.49. The van der Waals surface area contributed by atoms with E-state index in [1.807, 2.05) is 0 Å². The van der Waals surface area contributed by atoms with E-state index >= 15 is 0 Å². The Bertz CT molecular complexity index is 962. The maximum atomic E-state index is 12.6. The van der Waals surface area contributed by atoms with E-state index in [0.29, 0.717) is 5.69 Å². The van der Waals surface area contributed by atoms with Gasteiger partial charge in [-0.05, 0) is 0 Å². The van der Waals surface area contributed by atoms with Gasteiger partial charge in [0.2, 0.25) is 5.91 Å². The third-order valence-corrected chi connectivity index (χ3v) is 3.24. The van der Waals surface area contributed by atoms with E-state index in [1.165, 1.54) is 28.8 Å². The van der Waals surface area contributed by atoms with E-state index in [2.05, 4.69) is 10.1 Å². The molecule has 2 N–H and O–H groups in total. The Morgan fingerprint density at radius 2 is 2.18 bits per heavy atom. The highest BCUT2D eigenvalue weighted by atomic mass is 16.5. The lowest BCUT2D eigenvalue weighted by atomic mass is 10.4. The molecule has 0 aliphatic rings. The van der Waals surface area contributed by atoms with Gasteiger partial charge in [-0.2, -0.15) is 0 Å². The van der Waals surface area contributed by atoms with E-state index in [-0.39, 0.29) is 24.3 Å². The van der Waals surface area contributed by atoms with Crippen LogP contribution in [0.1, 0.15) is 5.69 Å². The van der Waals surface area contributed by atoms with Crippen LogP contribution >= 0.6 is 0 Å². The van der Waals surface area contributed by atoms with Gasteiger partial charge in [0, 0.05) is 13.1 Å². The largest absolute Gasteiger partial charge is 0.368 e. The van der Waals surface area contributed by atoms with E-state index in [4.69, 9.17) is 10.3 Å². The van der Waals surface area contributed by atoms with Gasteiger partial charge in [-0.25, -0.2) is 9.78 Å². The Balaban J connectivity index is 2.26. The molecule has 0 fully saturated rings. The van der Waals surface area contributed by atoms with Gasteiger partial charge in [0.05, 0.1) is 12.9 Å². The van der Waals surface area contributed by atoms with Crippen LogP contribution < -0.4 is 17.0 Å². The van der Waals surface area contributed by atoms with Crippen LogP contribution in [0.25, 0.3) is 11.2 Å². The van der Waals surface area contributed by atoms with Crippen molar-refractivity contribution in [1.29, 1.82) is 0 Å². The lowest BCUT2D eigenvalue weighted by Crippen LogP contribution is -2.40. The van der Waals surface area contributed by atoms with Crippen molar-refractivity contribution in [3.63, 3.8) is 0 Å². The summed E-state index contributed by atoms with van der Waals surface area (Å²) < 4.78 is 8.24. The zero-order chi connectivity index (χ0) is 15.9. The Kier molecular flexibility index (Phi) is 3.13. The van der Waals surface area contributed by atoms with Gasteiger partial charge < -0.3 is 14.8 Å². The fourth-order valence-electron chi connectivity index (χ4n) is 2.23. The number of carbonyl (C=O) groups is 1. The molecule has 10 nitrogen and oxygen atoms in total. The van der Waals surface area contributed by atoms with Gasteiger partial charge in [0.25, 0.3) is 5.56 Å². The van der Waals surface area contributed by atoms with Crippen molar-refractivity contribution in [2.24, 2.45) is 12.8 Å². The van der Waals surface area contributed by atoms with Crippen molar-refractivity contribution in [1.82, 2.24) is 23.8 Å². The fourth-order valence-corrected chi connectivity index (χ4v) is 2.23. The molecule has 3 aromatic rings. The molecule has 0 bridgehead atoms. The molecule has 0 atom stereocenters. The van der Waals surface area contributed by atoms with Crippen LogP contribution in [0.5, 0.6) is 0 Å².